The first kappa shape index (κ1) is 29.3. The number of quaternary nitrogens is 1. The summed E-state index contributed by atoms with van der Waals surface area (Å²) in [6.45, 7) is 1.94. The van der Waals surface area contributed by atoms with Gasteiger partial charge in [0.15, 0.2) is 0 Å². The largest absolute Gasteiger partial charge is 2.00 e. The summed E-state index contributed by atoms with van der Waals surface area (Å²) in [5.41, 5.74) is 0. The van der Waals surface area contributed by atoms with Gasteiger partial charge in [0, 0.05) is 11.9 Å². The number of thiocarbonyl (C=S) groups is 1. The number of aliphatic carboxylic acids is 2. The summed E-state index contributed by atoms with van der Waals surface area (Å²) in [4.78, 5) is 17.8. The third-order valence-electron chi connectivity index (χ3n) is 0. The molecule has 0 saturated heterocycles. The van der Waals surface area contributed by atoms with Crippen LogP contribution < -0.4 is 16.4 Å². The molecule has 0 aliphatic rings. The smallest absolute Gasteiger partial charge is 0.753 e. The van der Waals surface area contributed by atoms with Crippen molar-refractivity contribution in [1.82, 2.24) is 6.15 Å². The van der Waals surface area contributed by atoms with E-state index in [9.17, 15) is 0 Å². The van der Waals surface area contributed by atoms with Crippen molar-refractivity contribution < 1.29 is 47.1 Å². The zero-order valence-corrected chi connectivity index (χ0v) is 12.5. The Balaban J connectivity index is -0.0000000231. The second-order valence-electron chi connectivity index (χ2n) is 1.07. The Hall–Kier alpha value is -0.378. The number of isothiocyanates is 1. The molecule has 0 radical (unpaired) electrons. The predicted octanol–water partition coefficient (Wildman–Crippen LogP) is -1.46. The number of hydrogen-bond donors (Lipinski definition) is 1. The van der Waals surface area contributed by atoms with Gasteiger partial charge in [0.05, 0.1) is 0 Å². The first-order valence-electron chi connectivity index (χ1n) is 2.24. The molecule has 72 valence electrons. The third-order valence-corrected chi connectivity index (χ3v) is 0. The molecule has 0 heterocycles. The standard InChI is InChI=1S/2C2H4O2.CNS.Cd.H3N/c2*1-2(3)4;2-1-3;;/h2*1H3,(H,3,4);;;1H3/q;;-1;+2;/p-1. The molecule has 0 atom stereocenters. The van der Waals surface area contributed by atoms with E-state index in [-0.39, 0.29) is 33.4 Å². The van der Waals surface area contributed by atoms with Crippen LogP contribution in [0.3, 0.4) is 0 Å². The van der Waals surface area contributed by atoms with Crippen molar-refractivity contribution in [2.45, 2.75) is 13.8 Å². The maximum Gasteiger partial charge on any atom is 2.00 e. The van der Waals surface area contributed by atoms with E-state index < -0.39 is 11.9 Å². The average molecular weight is 307 g/mol. The molecule has 6 nitrogen and oxygen atoms in total. The zero-order valence-electron chi connectivity index (χ0n) is 7.70. The van der Waals surface area contributed by atoms with Gasteiger partial charge in [-0.1, -0.05) is 12.2 Å². The maximum absolute atomic E-state index is 8.89. The SMILES string of the molecule is CC(=O)[O-].CC(=O)[O-].[Cd+2].[N-]=C=S.[NH4+]. The van der Waals surface area contributed by atoms with E-state index in [0.717, 1.165) is 13.8 Å². The van der Waals surface area contributed by atoms with Crippen molar-refractivity contribution >= 4 is 29.3 Å². The summed E-state index contributed by atoms with van der Waals surface area (Å²) in [6, 6.07) is 0. The minimum absolute atomic E-state index is 0. The Labute approximate surface area is 102 Å². The van der Waals surface area contributed by atoms with Crippen LogP contribution in [0.1, 0.15) is 13.8 Å². The average Bonchev–Trinajstić information content (AvgIpc) is 1.60. The number of rotatable bonds is 0. The molecule has 0 unspecified atom stereocenters. The molecule has 0 amide bonds. The van der Waals surface area contributed by atoms with Gasteiger partial charge in [0.2, 0.25) is 0 Å². The molecule has 0 aliphatic carbocycles. The van der Waals surface area contributed by atoms with Crippen molar-refractivity contribution in [3.05, 3.63) is 5.41 Å². The quantitative estimate of drug-likeness (QED) is 0.331. The molecule has 0 aromatic rings. The molecule has 8 heteroatoms. The number of carboxylic acid groups (broad SMARTS) is 2. The van der Waals surface area contributed by atoms with Crippen LogP contribution in [0.2, 0.25) is 0 Å². The molecule has 0 aromatic heterocycles. The third kappa shape index (κ3) is 7530. The van der Waals surface area contributed by atoms with E-state index >= 15 is 0 Å². The van der Waals surface area contributed by atoms with Crippen LogP contribution in [-0.4, -0.2) is 17.1 Å². The molecule has 13 heavy (non-hydrogen) atoms. The monoisotopic (exact) mass is 308 g/mol. The molecule has 0 bridgehead atoms. The second kappa shape index (κ2) is 29.9. The van der Waals surface area contributed by atoms with Gasteiger partial charge in [0.1, 0.15) is 0 Å². The topological polar surface area (TPSA) is 139 Å². The van der Waals surface area contributed by atoms with Gasteiger partial charge in [-0.3, -0.25) is 0 Å². The van der Waals surface area contributed by atoms with E-state index in [1.807, 2.05) is 0 Å². The Morgan fingerprint density at radius 1 is 1.23 bits per heavy atom. The van der Waals surface area contributed by atoms with E-state index in [2.05, 4.69) is 12.2 Å². The van der Waals surface area contributed by atoms with Crippen LogP contribution in [-0.2, 0) is 36.9 Å². The van der Waals surface area contributed by atoms with Crippen LogP contribution >= 0.6 is 12.2 Å². The van der Waals surface area contributed by atoms with E-state index in [1.165, 1.54) is 5.16 Å². The zero-order chi connectivity index (χ0) is 9.86. The Morgan fingerprint density at radius 2 is 1.23 bits per heavy atom. The molecule has 0 rings (SSSR count). The van der Waals surface area contributed by atoms with E-state index in [0.29, 0.717) is 0 Å². The number of carbonyl (C=O) groups excluding carboxylic acids is 2. The number of carbonyl (C=O) groups is 2. The molecule has 0 saturated carbocycles. The fourth-order valence-electron chi connectivity index (χ4n) is 0. The Kier molecular flexibility index (Phi) is 67.5. The fraction of sp³-hybridized carbons (Fsp3) is 0.400. The molecule has 0 aromatic carbocycles. The normalized spacial score (nSPS) is 4.46. The van der Waals surface area contributed by atoms with Crippen molar-refractivity contribution in [2.24, 2.45) is 0 Å². The summed E-state index contributed by atoms with van der Waals surface area (Å²) in [6.07, 6.45) is 0. The van der Waals surface area contributed by atoms with E-state index in [4.69, 9.17) is 25.2 Å². The molecular formula is C5H10CdN2O4S. The minimum atomic E-state index is -1.08. The second-order valence-corrected chi connectivity index (χ2v) is 1.26. The Morgan fingerprint density at radius 3 is 1.23 bits per heavy atom. The molecular weight excluding hydrogens is 297 g/mol. The predicted molar refractivity (Wildman–Crippen MR) is 43.3 cm³/mol. The number of hydrogen-bond acceptors (Lipinski definition) is 5. The van der Waals surface area contributed by atoms with Gasteiger partial charge in [-0.25, -0.2) is 0 Å². The number of carboxylic acids is 2. The van der Waals surface area contributed by atoms with Crippen LogP contribution in [0.5, 0.6) is 0 Å². The van der Waals surface area contributed by atoms with Crippen molar-refractivity contribution in [3.8, 4) is 0 Å². The van der Waals surface area contributed by atoms with Gasteiger partial charge in [-0.2, -0.15) is 5.16 Å². The van der Waals surface area contributed by atoms with Crippen LogP contribution in [0.25, 0.3) is 5.41 Å². The molecule has 0 fully saturated rings. The maximum atomic E-state index is 8.89. The summed E-state index contributed by atoms with van der Waals surface area (Å²) in [5, 5.41) is 26.2. The fourth-order valence-corrected chi connectivity index (χ4v) is 0. The molecule has 0 spiro atoms. The summed E-state index contributed by atoms with van der Waals surface area (Å²) < 4.78 is 0. The van der Waals surface area contributed by atoms with Crippen molar-refractivity contribution in [2.75, 3.05) is 0 Å². The molecule has 4 N–H and O–H groups in total. The minimum Gasteiger partial charge on any atom is -0.753 e. The summed E-state index contributed by atoms with van der Waals surface area (Å²) in [7, 11) is 0. The van der Waals surface area contributed by atoms with Gasteiger partial charge in [-0.05, 0) is 13.8 Å². The van der Waals surface area contributed by atoms with Gasteiger partial charge in [-0.15, -0.1) is 0 Å². The van der Waals surface area contributed by atoms with Gasteiger partial charge < -0.3 is 31.4 Å². The van der Waals surface area contributed by atoms with Crippen LogP contribution in [0, 0.1) is 0 Å². The van der Waals surface area contributed by atoms with Crippen molar-refractivity contribution in [1.29, 1.82) is 0 Å². The van der Waals surface area contributed by atoms with Crippen LogP contribution in [0.15, 0.2) is 0 Å². The van der Waals surface area contributed by atoms with Crippen LogP contribution in [0.4, 0.5) is 0 Å². The Bertz CT molecular complexity index is 139. The van der Waals surface area contributed by atoms with Crippen molar-refractivity contribution in [3.63, 3.8) is 0 Å². The van der Waals surface area contributed by atoms with Gasteiger partial charge in [0.25, 0.3) is 0 Å². The first-order valence-corrected chi connectivity index (χ1v) is 2.65. The first-order chi connectivity index (χ1) is 4.88. The number of nitrogens with zero attached hydrogens (tertiary/aromatic N) is 1. The summed E-state index contributed by atoms with van der Waals surface area (Å²) >= 11 is 3.70. The van der Waals surface area contributed by atoms with E-state index in [1.54, 1.807) is 0 Å². The van der Waals surface area contributed by atoms with Gasteiger partial charge >= 0.3 is 27.3 Å². The molecule has 0 aliphatic heterocycles. The summed E-state index contributed by atoms with van der Waals surface area (Å²) in [5.74, 6) is -2.17.